The summed E-state index contributed by atoms with van der Waals surface area (Å²) in [5.41, 5.74) is 0.948. The summed E-state index contributed by atoms with van der Waals surface area (Å²) in [5.74, 6) is 1.78. The standard InChI is InChI=1S/C17H22N4O2S/c1-5-10-21-13(3)19-20-17(21)24-11-16(22)18-12(2)14-8-6-7-9-15(14)23-4/h5-9,12H,1,10-11H2,2-4H3,(H,18,22). The Labute approximate surface area is 146 Å². The zero-order chi connectivity index (χ0) is 17.5. The van der Waals surface area contributed by atoms with E-state index in [1.54, 1.807) is 13.2 Å². The van der Waals surface area contributed by atoms with Gasteiger partial charge in [0.15, 0.2) is 5.16 Å². The molecular formula is C17H22N4O2S. The maximum absolute atomic E-state index is 12.2. The SMILES string of the molecule is C=CCn1c(C)nnc1SCC(=O)NC(C)c1ccccc1OC. The Balaban J connectivity index is 1.95. The van der Waals surface area contributed by atoms with Crippen LogP contribution in [0.25, 0.3) is 0 Å². The van der Waals surface area contributed by atoms with Crippen LogP contribution in [-0.4, -0.2) is 33.5 Å². The molecule has 1 amide bonds. The highest BCUT2D eigenvalue weighted by atomic mass is 32.2. The first kappa shape index (κ1) is 18.1. The highest BCUT2D eigenvalue weighted by Gasteiger charge is 2.15. The number of hydrogen-bond donors (Lipinski definition) is 1. The van der Waals surface area contributed by atoms with Gasteiger partial charge in [-0.1, -0.05) is 36.0 Å². The Morgan fingerprint density at radius 1 is 1.46 bits per heavy atom. The van der Waals surface area contributed by atoms with Crippen molar-refractivity contribution in [2.24, 2.45) is 0 Å². The number of benzene rings is 1. The summed E-state index contributed by atoms with van der Waals surface area (Å²) in [7, 11) is 1.62. The molecule has 128 valence electrons. The maximum atomic E-state index is 12.2. The molecule has 6 nitrogen and oxygen atoms in total. The molecule has 0 fully saturated rings. The van der Waals surface area contributed by atoms with Crippen molar-refractivity contribution in [3.8, 4) is 5.75 Å². The Kier molecular flexibility index (Phi) is 6.43. The molecular weight excluding hydrogens is 324 g/mol. The number of rotatable bonds is 8. The molecule has 0 aliphatic rings. The number of aryl methyl sites for hydroxylation is 1. The number of nitrogens with zero attached hydrogens (tertiary/aromatic N) is 3. The summed E-state index contributed by atoms with van der Waals surface area (Å²) in [6.07, 6.45) is 1.78. The van der Waals surface area contributed by atoms with E-state index in [9.17, 15) is 4.79 Å². The molecule has 1 N–H and O–H groups in total. The molecule has 2 aromatic rings. The third-order valence-electron chi connectivity index (χ3n) is 3.53. The lowest BCUT2D eigenvalue weighted by Gasteiger charge is -2.17. The summed E-state index contributed by atoms with van der Waals surface area (Å²) >= 11 is 1.36. The quantitative estimate of drug-likeness (QED) is 0.588. The van der Waals surface area contributed by atoms with E-state index in [1.165, 1.54) is 11.8 Å². The largest absolute Gasteiger partial charge is 0.496 e. The van der Waals surface area contributed by atoms with Crippen LogP contribution in [0, 0.1) is 6.92 Å². The highest BCUT2D eigenvalue weighted by Crippen LogP contribution is 2.24. The van der Waals surface area contributed by atoms with Crippen LogP contribution >= 0.6 is 11.8 Å². The van der Waals surface area contributed by atoms with Gasteiger partial charge in [-0.05, 0) is 19.9 Å². The number of ether oxygens (including phenoxy) is 1. The summed E-state index contributed by atoms with van der Waals surface area (Å²) in [4.78, 5) is 12.2. The molecule has 0 saturated heterocycles. The van der Waals surface area contributed by atoms with Crippen molar-refractivity contribution in [3.63, 3.8) is 0 Å². The van der Waals surface area contributed by atoms with E-state index in [4.69, 9.17) is 4.74 Å². The van der Waals surface area contributed by atoms with Crippen molar-refractivity contribution in [1.82, 2.24) is 20.1 Å². The molecule has 24 heavy (non-hydrogen) atoms. The minimum absolute atomic E-state index is 0.0655. The minimum Gasteiger partial charge on any atom is -0.496 e. The van der Waals surface area contributed by atoms with Gasteiger partial charge in [0.2, 0.25) is 5.91 Å². The highest BCUT2D eigenvalue weighted by molar-refractivity contribution is 7.99. The van der Waals surface area contributed by atoms with E-state index in [2.05, 4.69) is 22.1 Å². The summed E-state index contributed by atoms with van der Waals surface area (Å²) in [6.45, 7) is 8.17. The van der Waals surface area contributed by atoms with Crippen LogP contribution in [-0.2, 0) is 11.3 Å². The van der Waals surface area contributed by atoms with Gasteiger partial charge in [-0.3, -0.25) is 4.79 Å². The second-order valence-electron chi connectivity index (χ2n) is 5.25. The van der Waals surface area contributed by atoms with Gasteiger partial charge in [-0.15, -0.1) is 16.8 Å². The molecule has 1 heterocycles. The smallest absolute Gasteiger partial charge is 0.230 e. The van der Waals surface area contributed by atoms with Crippen molar-refractivity contribution in [2.45, 2.75) is 31.6 Å². The number of allylic oxidation sites excluding steroid dienone is 1. The number of para-hydroxylation sites is 1. The molecule has 2 rings (SSSR count). The van der Waals surface area contributed by atoms with Crippen LogP contribution in [0.5, 0.6) is 5.75 Å². The molecule has 0 aliphatic heterocycles. The van der Waals surface area contributed by atoms with E-state index in [0.717, 1.165) is 17.1 Å². The van der Waals surface area contributed by atoms with Gasteiger partial charge in [0.05, 0.1) is 18.9 Å². The first-order chi connectivity index (χ1) is 11.6. The Bertz CT molecular complexity index is 714. The summed E-state index contributed by atoms with van der Waals surface area (Å²) < 4.78 is 7.26. The molecule has 1 unspecified atom stereocenters. The van der Waals surface area contributed by atoms with Crippen molar-refractivity contribution in [3.05, 3.63) is 48.3 Å². The molecule has 1 atom stereocenters. The van der Waals surface area contributed by atoms with E-state index in [1.807, 2.05) is 42.7 Å². The van der Waals surface area contributed by atoms with Gasteiger partial charge in [0.25, 0.3) is 0 Å². The predicted molar refractivity (Wildman–Crippen MR) is 95.2 cm³/mol. The van der Waals surface area contributed by atoms with Crippen LogP contribution in [0.15, 0.2) is 42.1 Å². The summed E-state index contributed by atoms with van der Waals surface area (Å²) in [6, 6.07) is 7.52. The van der Waals surface area contributed by atoms with Gasteiger partial charge >= 0.3 is 0 Å². The zero-order valence-corrected chi connectivity index (χ0v) is 15.0. The lowest BCUT2D eigenvalue weighted by atomic mass is 10.1. The van der Waals surface area contributed by atoms with Crippen LogP contribution in [0.1, 0.15) is 24.4 Å². The number of carbonyl (C=O) groups is 1. The molecule has 0 bridgehead atoms. The van der Waals surface area contributed by atoms with Crippen LogP contribution < -0.4 is 10.1 Å². The van der Waals surface area contributed by atoms with Gasteiger partial charge in [-0.2, -0.15) is 0 Å². The number of thioether (sulfide) groups is 1. The zero-order valence-electron chi connectivity index (χ0n) is 14.2. The molecule has 0 aliphatic carbocycles. The third kappa shape index (κ3) is 4.38. The van der Waals surface area contributed by atoms with E-state index < -0.39 is 0 Å². The minimum atomic E-state index is -0.137. The van der Waals surface area contributed by atoms with Gasteiger partial charge in [-0.25, -0.2) is 0 Å². The van der Waals surface area contributed by atoms with Gasteiger partial charge in [0, 0.05) is 12.1 Å². The molecule has 7 heteroatoms. The average molecular weight is 346 g/mol. The molecule has 0 radical (unpaired) electrons. The fourth-order valence-corrected chi connectivity index (χ4v) is 3.13. The monoisotopic (exact) mass is 346 g/mol. The number of nitrogens with one attached hydrogen (secondary N) is 1. The lowest BCUT2D eigenvalue weighted by molar-refractivity contribution is -0.119. The number of methoxy groups -OCH3 is 1. The van der Waals surface area contributed by atoms with Crippen molar-refractivity contribution in [2.75, 3.05) is 12.9 Å². The van der Waals surface area contributed by atoms with Gasteiger partial charge < -0.3 is 14.6 Å². The second-order valence-corrected chi connectivity index (χ2v) is 6.19. The van der Waals surface area contributed by atoms with Crippen LogP contribution in [0.4, 0.5) is 0 Å². The lowest BCUT2D eigenvalue weighted by Crippen LogP contribution is -2.28. The van der Waals surface area contributed by atoms with Gasteiger partial charge in [0.1, 0.15) is 11.6 Å². The normalized spacial score (nSPS) is 11.8. The fraction of sp³-hybridized carbons (Fsp3) is 0.353. The predicted octanol–water partition coefficient (Wildman–Crippen LogP) is 2.75. The van der Waals surface area contributed by atoms with Crippen molar-refractivity contribution >= 4 is 17.7 Å². The molecule has 0 saturated carbocycles. The Morgan fingerprint density at radius 3 is 2.92 bits per heavy atom. The van der Waals surface area contributed by atoms with Crippen LogP contribution in [0.2, 0.25) is 0 Å². The topological polar surface area (TPSA) is 69.0 Å². The molecule has 1 aromatic carbocycles. The first-order valence-corrected chi connectivity index (χ1v) is 8.61. The first-order valence-electron chi connectivity index (χ1n) is 7.62. The van der Waals surface area contributed by atoms with Crippen molar-refractivity contribution in [1.29, 1.82) is 0 Å². The van der Waals surface area contributed by atoms with E-state index >= 15 is 0 Å². The fourth-order valence-electron chi connectivity index (χ4n) is 2.32. The number of aromatic nitrogens is 3. The molecule has 1 aromatic heterocycles. The summed E-state index contributed by atoms with van der Waals surface area (Å²) in [5, 5.41) is 11.8. The maximum Gasteiger partial charge on any atom is 0.230 e. The number of carbonyl (C=O) groups excluding carboxylic acids is 1. The molecule has 0 spiro atoms. The van der Waals surface area contributed by atoms with Crippen LogP contribution in [0.3, 0.4) is 0 Å². The van der Waals surface area contributed by atoms with E-state index in [-0.39, 0.29) is 17.7 Å². The van der Waals surface area contributed by atoms with Crippen molar-refractivity contribution < 1.29 is 9.53 Å². The number of hydrogen-bond acceptors (Lipinski definition) is 5. The number of amides is 1. The Hall–Kier alpha value is -2.28. The van der Waals surface area contributed by atoms with E-state index in [0.29, 0.717) is 11.7 Å². The average Bonchev–Trinajstić information content (AvgIpc) is 2.93. The third-order valence-corrected chi connectivity index (χ3v) is 4.50. The Morgan fingerprint density at radius 2 is 2.21 bits per heavy atom. The second kappa shape index (κ2) is 8.54.